The largest absolute Gasteiger partial charge is 0.497 e. The lowest BCUT2D eigenvalue weighted by Crippen LogP contribution is -2.15. The maximum Gasteiger partial charge on any atom is 0.339 e. The molecule has 0 spiro atoms. The zero-order chi connectivity index (χ0) is 25.1. The summed E-state index contributed by atoms with van der Waals surface area (Å²) in [5, 5.41) is 11.8. The third kappa shape index (κ3) is 4.68. The predicted octanol–water partition coefficient (Wildman–Crippen LogP) is 6.39. The second-order valence-electron chi connectivity index (χ2n) is 8.63. The van der Waals surface area contributed by atoms with Crippen molar-refractivity contribution in [1.29, 1.82) is 0 Å². The van der Waals surface area contributed by atoms with Crippen LogP contribution in [-0.2, 0) is 17.8 Å². The molecule has 0 saturated carbocycles. The molecule has 0 atom stereocenters. The van der Waals surface area contributed by atoms with E-state index in [-0.39, 0.29) is 12.3 Å². The summed E-state index contributed by atoms with van der Waals surface area (Å²) in [6.07, 6.45) is 4.57. The minimum atomic E-state index is -0.464. The minimum Gasteiger partial charge on any atom is -0.497 e. The van der Waals surface area contributed by atoms with Gasteiger partial charge in [0, 0.05) is 17.5 Å². The SMILES string of the molecule is COc1ccc(C=C2CCCc3c2nc2ccccc2c3C(=O)OCc2cccc([N+](=O)[O-])c2)cc1. The van der Waals surface area contributed by atoms with Gasteiger partial charge in [0.2, 0.25) is 0 Å². The first kappa shape index (κ1) is 23.2. The van der Waals surface area contributed by atoms with Crippen LogP contribution in [0.2, 0.25) is 0 Å². The number of hydrogen-bond acceptors (Lipinski definition) is 6. The van der Waals surface area contributed by atoms with Crippen LogP contribution in [0, 0.1) is 10.1 Å². The van der Waals surface area contributed by atoms with Crippen LogP contribution in [0.5, 0.6) is 5.75 Å². The van der Waals surface area contributed by atoms with Crippen molar-refractivity contribution in [1.82, 2.24) is 4.98 Å². The summed E-state index contributed by atoms with van der Waals surface area (Å²) >= 11 is 0. The first-order valence-electron chi connectivity index (χ1n) is 11.7. The maximum atomic E-state index is 13.4. The van der Waals surface area contributed by atoms with Crippen LogP contribution in [0.4, 0.5) is 5.69 Å². The van der Waals surface area contributed by atoms with E-state index in [0.717, 1.165) is 51.9 Å². The van der Waals surface area contributed by atoms with Crippen molar-refractivity contribution in [3.63, 3.8) is 0 Å². The number of methoxy groups -OCH3 is 1. The highest BCUT2D eigenvalue weighted by Crippen LogP contribution is 2.36. The van der Waals surface area contributed by atoms with Crippen LogP contribution in [0.3, 0.4) is 0 Å². The van der Waals surface area contributed by atoms with Crippen molar-refractivity contribution in [3.8, 4) is 5.75 Å². The molecule has 3 aromatic carbocycles. The highest BCUT2D eigenvalue weighted by atomic mass is 16.6. The van der Waals surface area contributed by atoms with Gasteiger partial charge in [0.25, 0.3) is 5.69 Å². The number of carbonyl (C=O) groups is 1. The van der Waals surface area contributed by atoms with Gasteiger partial charge in [-0.05, 0) is 65.8 Å². The average molecular weight is 481 g/mol. The number of benzene rings is 3. The number of ether oxygens (including phenoxy) is 2. The number of carbonyl (C=O) groups excluding carboxylic acids is 1. The standard InChI is InChI=1S/C29H24N2O5/c1-35-23-14-12-19(13-15-23)16-21-7-5-10-25-27(24-9-2-3-11-26(24)30-28(21)25)29(32)36-18-20-6-4-8-22(17-20)31(33)34/h2-4,6,8-9,11-17H,5,7,10,18H2,1H3. The summed E-state index contributed by atoms with van der Waals surface area (Å²) in [6.45, 7) is -0.0551. The number of nitro groups is 1. The summed E-state index contributed by atoms with van der Waals surface area (Å²) in [4.78, 5) is 29.0. The van der Waals surface area contributed by atoms with Crippen molar-refractivity contribution in [2.75, 3.05) is 7.11 Å². The molecule has 5 rings (SSSR count). The third-order valence-corrected chi connectivity index (χ3v) is 6.32. The summed E-state index contributed by atoms with van der Waals surface area (Å²) in [7, 11) is 1.64. The van der Waals surface area contributed by atoms with Crippen LogP contribution in [0.1, 0.15) is 45.6 Å². The molecule has 180 valence electrons. The fourth-order valence-corrected chi connectivity index (χ4v) is 4.59. The molecule has 0 saturated heterocycles. The second kappa shape index (κ2) is 10.00. The van der Waals surface area contributed by atoms with Crippen LogP contribution < -0.4 is 4.74 Å². The number of hydrogen-bond donors (Lipinski definition) is 0. The fraction of sp³-hybridized carbons (Fsp3) is 0.172. The van der Waals surface area contributed by atoms with E-state index in [0.29, 0.717) is 17.5 Å². The van der Waals surface area contributed by atoms with E-state index in [4.69, 9.17) is 14.5 Å². The Kier molecular flexibility index (Phi) is 6.45. The summed E-state index contributed by atoms with van der Waals surface area (Å²) in [6, 6.07) is 21.5. The predicted molar refractivity (Wildman–Crippen MR) is 138 cm³/mol. The quantitative estimate of drug-likeness (QED) is 0.180. The molecule has 1 heterocycles. The molecule has 0 fully saturated rings. The lowest BCUT2D eigenvalue weighted by atomic mass is 9.86. The Balaban J connectivity index is 1.53. The van der Waals surface area contributed by atoms with Crippen molar-refractivity contribution < 1.29 is 19.2 Å². The molecule has 36 heavy (non-hydrogen) atoms. The highest BCUT2D eigenvalue weighted by Gasteiger charge is 2.26. The van der Waals surface area contributed by atoms with Gasteiger partial charge in [-0.1, -0.05) is 42.5 Å². The van der Waals surface area contributed by atoms with Crippen molar-refractivity contribution in [3.05, 3.63) is 111 Å². The van der Waals surface area contributed by atoms with Gasteiger partial charge in [0.05, 0.1) is 28.8 Å². The number of rotatable bonds is 6. The number of esters is 1. The van der Waals surface area contributed by atoms with E-state index in [1.165, 1.54) is 12.1 Å². The van der Waals surface area contributed by atoms with Gasteiger partial charge in [-0.25, -0.2) is 9.78 Å². The van der Waals surface area contributed by atoms with E-state index in [2.05, 4.69) is 6.08 Å². The van der Waals surface area contributed by atoms with E-state index < -0.39 is 10.9 Å². The number of aromatic nitrogens is 1. The molecule has 1 aromatic heterocycles. The number of allylic oxidation sites excluding steroid dienone is 1. The molecule has 1 aliphatic rings. The Morgan fingerprint density at radius 3 is 2.64 bits per heavy atom. The van der Waals surface area contributed by atoms with Crippen LogP contribution in [0.15, 0.2) is 72.8 Å². The minimum absolute atomic E-state index is 0.0383. The molecule has 7 nitrogen and oxygen atoms in total. The molecule has 0 N–H and O–H groups in total. The number of pyridine rings is 1. The number of para-hydroxylation sites is 1. The highest BCUT2D eigenvalue weighted by molar-refractivity contribution is 6.06. The number of nitro benzene ring substituents is 1. The van der Waals surface area contributed by atoms with Crippen molar-refractivity contribution in [2.24, 2.45) is 0 Å². The Labute approximate surface area is 208 Å². The zero-order valence-electron chi connectivity index (χ0n) is 19.8. The third-order valence-electron chi connectivity index (χ3n) is 6.32. The maximum absolute atomic E-state index is 13.4. The molecular weight excluding hydrogens is 456 g/mol. The first-order chi connectivity index (χ1) is 17.5. The van der Waals surface area contributed by atoms with Gasteiger partial charge in [-0.15, -0.1) is 0 Å². The second-order valence-corrected chi connectivity index (χ2v) is 8.63. The van der Waals surface area contributed by atoms with Crippen molar-refractivity contribution in [2.45, 2.75) is 25.9 Å². The van der Waals surface area contributed by atoms with Gasteiger partial charge in [-0.2, -0.15) is 0 Å². The molecule has 4 aromatic rings. The van der Waals surface area contributed by atoms with Crippen molar-refractivity contribution >= 4 is 34.2 Å². The fourth-order valence-electron chi connectivity index (χ4n) is 4.59. The van der Waals surface area contributed by atoms with Crippen LogP contribution in [0.25, 0.3) is 22.6 Å². The van der Waals surface area contributed by atoms with E-state index in [1.807, 2.05) is 48.5 Å². The number of nitrogens with zero attached hydrogens (tertiary/aromatic N) is 2. The Morgan fingerprint density at radius 2 is 1.86 bits per heavy atom. The summed E-state index contributed by atoms with van der Waals surface area (Å²) < 4.78 is 10.9. The topological polar surface area (TPSA) is 91.6 Å². The van der Waals surface area contributed by atoms with Crippen LogP contribution >= 0.6 is 0 Å². The molecule has 1 aliphatic carbocycles. The lowest BCUT2D eigenvalue weighted by molar-refractivity contribution is -0.384. The Bertz CT molecular complexity index is 1490. The smallest absolute Gasteiger partial charge is 0.339 e. The first-order valence-corrected chi connectivity index (χ1v) is 11.7. The molecule has 0 radical (unpaired) electrons. The van der Waals surface area contributed by atoms with E-state index >= 15 is 0 Å². The normalized spacial score (nSPS) is 13.9. The molecule has 0 aliphatic heterocycles. The number of non-ortho nitro benzene ring substituents is 1. The average Bonchev–Trinajstić information content (AvgIpc) is 2.91. The summed E-state index contributed by atoms with van der Waals surface area (Å²) in [5.41, 5.74) is 5.56. The summed E-state index contributed by atoms with van der Waals surface area (Å²) in [5.74, 6) is 0.334. The lowest BCUT2D eigenvalue weighted by Gasteiger charge is -2.22. The van der Waals surface area contributed by atoms with Gasteiger partial charge in [-0.3, -0.25) is 10.1 Å². The Hall–Kier alpha value is -4.52. The molecular formula is C29H24N2O5. The van der Waals surface area contributed by atoms with Gasteiger partial charge < -0.3 is 9.47 Å². The Morgan fingerprint density at radius 1 is 1.06 bits per heavy atom. The van der Waals surface area contributed by atoms with Gasteiger partial charge in [0.1, 0.15) is 12.4 Å². The van der Waals surface area contributed by atoms with Gasteiger partial charge >= 0.3 is 5.97 Å². The number of fused-ring (bicyclic) bond motifs is 2. The monoisotopic (exact) mass is 480 g/mol. The molecule has 7 heteroatoms. The van der Waals surface area contributed by atoms with E-state index in [9.17, 15) is 14.9 Å². The van der Waals surface area contributed by atoms with E-state index in [1.54, 1.807) is 19.2 Å². The van der Waals surface area contributed by atoms with Gasteiger partial charge in [0.15, 0.2) is 0 Å². The molecule has 0 bridgehead atoms. The zero-order valence-corrected chi connectivity index (χ0v) is 19.8. The van der Waals surface area contributed by atoms with Crippen LogP contribution in [-0.4, -0.2) is 23.0 Å². The molecule has 0 unspecified atom stereocenters. The molecule has 0 amide bonds.